The Balaban J connectivity index is 1.02. The van der Waals surface area contributed by atoms with Gasteiger partial charge in [-0.1, -0.05) is 190 Å². The first kappa shape index (κ1) is 36.2. The van der Waals surface area contributed by atoms with E-state index in [0.717, 1.165) is 24.2 Å². The van der Waals surface area contributed by atoms with E-state index in [1.807, 2.05) is 0 Å². The maximum Gasteiger partial charge on any atom is 0.0726 e. The summed E-state index contributed by atoms with van der Waals surface area (Å²) in [4.78, 5) is 2.51. The number of nitrogens with zero attached hydrogens (tertiary/aromatic N) is 1. The second-order valence-electron chi connectivity index (χ2n) is 18.3. The number of allylic oxidation sites excluding steroid dienone is 4. The zero-order chi connectivity index (χ0) is 41.9. The Kier molecular flexibility index (Phi) is 7.76. The van der Waals surface area contributed by atoms with Crippen LogP contribution in [0.4, 0.5) is 17.1 Å². The molecule has 4 aliphatic carbocycles. The minimum atomic E-state index is -0.427. The summed E-state index contributed by atoms with van der Waals surface area (Å²) in [6.45, 7) is 4.82. The molecule has 0 radical (unpaired) electrons. The minimum Gasteiger partial charge on any atom is -0.310 e. The van der Waals surface area contributed by atoms with Crippen LogP contribution in [0.25, 0.3) is 60.9 Å². The minimum absolute atomic E-state index is 0.0854. The lowest BCUT2D eigenvalue weighted by Crippen LogP contribution is -2.26. The first-order valence-electron chi connectivity index (χ1n) is 22.5. The second-order valence-corrected chi connectivity index (χ2v) is 18.3. The van der Waals surface area contributed by atoms with Gasteiger partial charge in [-0.05, 0) is 149 Å². The summed E-state index contributed by atoms with van der Waals surface area (Å²) in [6, 6.07) is 75.4. The van der Waals surface area contributed by atoms with Crippen molar-refractivity contribution in [1.29, 1.82) is 0 Å². The van der Waals surface area contributed by atoms with Gasteiger partial charge in [0.2, 0.25) is 0 Å². The van der Waals surface area contributed by atoms with Gasteiger partial charge in [0.15, 0.2) is 0 Å². The third kappa shape index (κ3) is 5.05. The number of benzene rings is 9. The lowest BCUT2D eigenvalue weighted by Gasteiger charge is -2.32. The molecule has 1 heteroatoms. The van der Waals surface area contributed by atoms with E-state index >= 15 is 0 Å². The molecule has 0 unspecified atom stereocenters. The summed E-state index contributed by atoms with van der Waals surface area (Å²) < 4.78 is 0. The molecule has 0 amide bonds. The van der Waals surface area contributed by atoms with Crippen LogP contribution < -0.4 is 4.90 Å². The highest BCUT2D eigenvalue weighted by Crippen LogP contribution is 2.63. The SMILES string of the molecule is CC1(C)C2=C(CCC=C2)c2ccc(N(c3ccc(-c4ccc5ccccc5c4-c4ccccc4)cc3)c3ccc4c(c3)C3(c5ccccc5-c5ccccc53)c3ccccc3-4)cc21. The Bertz CT molecular complexity index is 3350. The average molecular weight is 804 g/mol. The Labute approximate surface area is 370 Å². The van der Waals surface area contributed by atoms with Gasteiger partial charge >= 0.3 is 0 Å². The maximum absolute atomic E-state index is 2.52. The van der Waals surface area contributed by atoms with E-state index in [1.165, 1.54) is 105 Å². The quantitative estimate of drug-likeness (QED) is 0.168. The highest BCUT2D eigenvalue weighted by molar-refractivity contribution is 6.04. The second kappa shape index (κ2) is 13.5. The smallest absolute Gasteiger partial charge is 0.0726 e. The standard InChI is InChI=1S/C62H45N/c1-61(2)54-24-12-8-20-48(54)52-36-33-44(38-58(52)61)63(43-31-28-41(29-32-43)47-35-30-40-16-6-7-19-46(40)60(47)42-17-4-3-5-18-42)45-34-37-53-51-23-11-15-27-57(51)62(59(53)39-45)55-25-13-9-21-49(55)50-22-10-14-26-56(50)62/h3-7,9-19,21-39H,8,20H2,1-2H3. The van der Waals surface area contributed by atoms with Crippen molar-refractivity contribution in [3.8, 4) is 44.5 Å². The van der Waals surface area contributed by atoms with Crippen LogP contribution in [-0.4, -0.2) is 0 Å². The van der Waals surface area contributed by atoms with Crippen molar-refractivity contribution < 1.29 is 0 Å². The molecule has 13 rings (SSSR count). The molecule has 298 valence electrons. The van der Waals surface area contributed by atoms with E-state index in [-0.39, 0.29) is 5.41 Å². The van der Waals surface area contributed by atoms with Gasteiger partial charge in [0.25, 0.3) is 0 Å². The van der Waals surface area contributed by atoms with Gasteiger partial charge in [0.1, 0.15) is 0 Å². The van der Waals surface area contributed by atoms with Gasteiger partial charge < -0.3 is 4.90 Å². The fourth-order valence-electron chi connectivity index (χ4n) is 12.0. The van der Waals surface area contributed by atoms with Crippen LogP contribution in [0.15, 0.2) is 218 Å². The van der Waals surface area contributed by atoms with Crippen molar-refractivity contribution in [1.82, 2.24) is 0 Å². The lowest BCUT2D eigenvalue weighted by atomic mass is 9.70. The Hall–Kier alpha value is -7.48. The third-order valence-electron chi connectivity index (χ3n) is 14.8. The van der Waals surface area contributed by atoms with Crippen LogP contribution in [0.2, 0.25) is 0 Å². The first-order chi connectivity index (χ1) is 31.0. The van der Waals surface area contributed by atoms with E-state index < -0.39 is 5.41 Å². The molecule has 63 heavy (non-hydrogen) atoms. The molecular formula is C62H45N. The summed E-state index contributed by atoms with van der Waals surface area (Å²) in [5.74, 6) is 0. The van der Waals surface area contributed by atoms with Gasteiger partial charge in [-0.3, -0.25) is 0 Å². The molecule has 0 fully saturated rings. The molecule has 9 aromatic carbocycles. The average Bonchev–Trinajstić information content (AvgIpc) is 3.90. The maximum atomic E-state index is 2.52. The third-order valence-corrected chi connectivity index (χ3v) is 14.8. The molecule has 0 atom stereocenters. The number of fused-ring (bicyclic) bond motifs is 13. The molecule has 0 saturated heterocycles. The number of hydrogen-bond donors (Lipinski definition) is 0. The van der Waals surface area contributed by atoms with Gasteiger partial charge in [0, 0.05) is 22.5 Å². The summed E-state index contributed by atoms with van der Waals surface area (Å²) >= 11 is 0. The molecule has 0 saturated carbocycles. The van der Waals surface area contributed by atoms with Gasteiger partial charge in [-0.15, -0.1) is 0 Å². The number of rotatable bonds is 5. The molecule has 4 aliphatic rings. The molecular weight excluding hydrogens is 759 g/mol. The van der Waals surface area contributed by atoms with Gasteiger partial charge in [0.05, 0.1) is 5.41 Å². The van der Waals surface area contributed by atoms with Crippen molar-refractivity contribution in [3.63, 3.8) is 0 Å². The van der Waals surface area contributed by atoms with E-state index in [1.54, 1.807) is 0 Å². The largest absolute Gasteiger partial charge is 0.310 e. The van der Waals surface area contributed by atoms with Gasteiger partial charge in [-0.25, -0.2) is 0 Å². The molecule has 0 aromatic heterocycles. The van der Waals surface area contributed by atoms with Crippen LogP contribution in [-0.2, 0) is 10.8 Å². The molecule has 0 N–H and O–H groups in total. The van der Waals surface area contributed by atoms with Crippen molar-refractivity contribution in [2.45, 2.75) is 37.5 Å². The van der Waals surface area contributed by atoms with Crippen LogP contribution in [0.3, 0.4) is 0 Å². The molecule has 0 heterocycles. The molecule has 0 aliphatic heterocycles. The highest BCUT2D eigenvalue weighted by atomic mass is 15.1. The topological polar surface area (TPSA) is 3.24 Å². The van der Waals surface area contributed by atoms with Gasteiger partial charge in [-0.2, -0.15) is 0 Å². The zero-order valence-electron chi connectivity index (χ0n) is 35.6. The summed E-state index contributed by atoms with van der Waals surface area (Å²) in [5, 5.41) is 2.51. The van der Waals surface area contributed by atoms with Crippen molar-refractivity contribution >= 4 is 33.4 Å². The predicted octanol–water partition coefficient (Wildman–Crippen LogP) is 16.4. The molecule has 9 aromatic rings. The van der Waals surface area contributed by atoms with Crippen LogP contribution in [0.1, 0.15) is 60.1 Å². The Morgan fingerprint density at radius 1 is 0.413 bits per heavy atom. The predicted molar refractivity (Wildman–Crippen MR) is 264 cm³/mol. The molecule has 0 bridgehead atoms. The van der Waals surface area contributed by atoms with E-state index in [4.69, 9.17) is 0 Å². The Morgan fingerprint density at radius 2 is 0.952 bits per heavy atom. The van der Waals surface area contributed by atoms with Crippen molar-refractivity contribution in [3.05, 3.63) is 251 Å². The monoisotopic (exact) mass is 803 g/mol. The normalized spacial score (nSPS) is 15.5. The number of hydrogen-bond acceptors (Lipinski definition) is 1. The fraction of sp³-hybridized carbons (Fsp3) is 0.0968. The summed E-state index contributed by atoms with van der Waals surface area (Å²) in [7, 11) is 0. The fourth-order valence-corrected chi connectivity index (χ4v) is 12.0. The van der Waals surface area contributed by atoms with E-state index in [2.05, 4.69) is 231 Å². The van der Waals surface area contributed by atoms with Crippen LogP contribution >= 0.6 is 0 Å². The van der Waals surface area contributed by atoms with E-state index in [0.29, 0.717) is 0 Å². The number of anilines is 3. The van der Waals surface area contributed by atoms with Crippen LogP contribution in [0, 0.1) is 0 Å². The molecule has 1 spiro atoms. The summed E-state index contributed by atoms with van der Waals surface area (Å²) in [5.41, 5.74) is 24.4. The van der Waals surface area contributed by atoms with Crippen LogP contribution in [0.5, 0.6) is 0 Å². The summed E-state index contributed by atoms with van der Waals surface area (Å²) in [6.07, 6.45) is 6.95. The molecule has 1 nitrogen and oxygen atoms in total. The lowest BCUT2D eigenvalue weighted by molar-refractivity contribution is 0.651. The van der Waals surface area contributed by atoms with Crippen molar-refractivity contribution in [2.24, 2.45) is 0 Å². The highest BCUT2D eigenvalue weighted by Gasteiger charge is 2.51. The van der Waals surface area contributed by atoms with Crippen molar-refractivity contribution in [2.75, 3.05) is 4.90 Å². The van der Waals surface area contributed by atoms with E-state index in [9.17, 15) is 0 Å². The Morgan fingerprint density at radius 3 is 1.63 bits per heavy atom. The first-order valence-corrected chi connectivity index (χ1v) is 22.5. The zero-order valence-corrected chi connectivity index (χ0v) is 35.6.